The van der Waals surface area contributed by atoms with Gasteiger partial charge in [-0.15, -0.1) is 0 Å². The highest BCUT2D eigenvalue weighted by atomic mass is 32.1. The second-order valence-corrected chi connectivity index (χ2v) is 9.39. The molecule has 0 saturated carbocycles. The van der Waals surface area contributed by atoms with Gasteiger partial charge in [0.25, 0.3) is 10.0 Å². The van der Waals surface area contributed by atoms with E-state index in [1.54, 1.807) is 0 Å². The Morgan fingerprint density at radius 2 is 0.933 bits per heavy atom. The molecule has 3 aromatic carbocycles. The zero-order valence-corrected chi connectivity index (χ0v) is 18.6. The van der Waals surface area contributed by atoms with E-state index in [0.29, 0.717) is 0 Å². The molecular weight excluding hydrogens is 404 g/mol. The van der Waals surface area contributed by atoms with Crippen LogP contribution in [0.5, 0.6) is 0 Å². The molecule has 2 heterocycles. The number of hydrogen-bond acceptors (Lipinski definition) is 2. The molecule has 0 spiro atoms. The number of benzene rings is 3. The van der Waals surface area contributed by atoms with Crippen LogP contribution in [0.1, 0.15) is 21.1 Å². The molecule has 0 radical (unpaired) electrons. The highest BCUT2D eigenvalue weighted by Gasteiger charge is 2.14. The standard InChI is InChI=1S/C26H22N2S2/c1-27-21-7-3-5-9-23(21)29-25(27)17-15-19-11-13-20(14-12-19)16-18-26-28(2)22-8-4-6-10-24(22)30-26/h3-18H,1-2H3/q+2/b17-15+,18-16+. The summed E-state index contributed by atoms with van der Waals surface area (Å²) in [6.45, 7) is 0. The Morgan fingerprint density at radius 3 is 1.33 bits per heavy atom. The zero-order chi connectivity index (χ0) is 20.5. The first-order chi connectivity index (χ1) is 14.7. The lowest BCUT2D eigenvalue weighted by Crippen LogP contribution is -2.28. The molecule has 146 valence electrons. The molecule has 0 saturated heterocycles. The summed E-state index contributed by atoms with van der Waals surface area (Å²) in [5.41, 5.74) is 4.96. The molecule has 30 heavy (non-hydrogen) atoms. The van der Waals surface area contributed by atoms with Gasteiger partial charge < -0.3 is 0 Å². The fourth-order valence-corrected chi connectivity index (χ4v) is 5.69. The molecule has 5 aromatic rings. The van der Waals surface area contributed by atoms with Crippen LogP contribution >= 0.6 is 22.7 Å². The maximum atomic E-state index is 2.25. The first kappa shape index (κ1) is 18.9. The zero-order valence-electron chi connectivity index (χ0n) is 16.9. The number of para-hydroxylation sites is 2. The second kappa shape index (κ2) is 7.98. The van der Waals surface area contributed by atoms with Crippen molar-refractivity contribution in [2.75, 3.05) is 0 Å². The molecule has 2 aromatic heterocycles. The Kier molecular flexibility index (Phi) is 5.03. The molecule has 0 unspecified atom stereocenters. The van der Waals surface area contributed by atoms with Crippen molar-refractivity contribution in [3.8, 4) is 0 Å². The first-order valence-electron chi connectivity index (χ1n) is 9.90. The van der Waals surface area contributed by atoms with Crippen LogP contribution in [0.15, 0.2) is 72.8 Å². The SMILES string of the molecule is C[n+]1c(/C=C/c2ccc(/C=C/c3sc4ccccc4[n+]3C)cc2)sc2ccccc21. The van der Waals surface area contributed by atoms with Gasteiger partial charge in [-0.25, -0.2) is 0 Å². The van der Waals surface area contributed by atoms with Crippen molar-refractivity contribution in [1.82, 2.24) is 0 Å². The van der Waals surface area contributed by atoms with Crippen LogP contribution < -0.4 is 9.13 Å². The minimum absolute atomic E-state index is 1.21. The van der Waals surface area contributed by atoms with Crippen LogP contribution in [-0.2, 0) is 14.1 Å². The summed E-state index contributed by atoms with van der Waals surface area (Å²) in [6, 6.07) is 25.8. The van der Waals surface area contributed by atoms with Crippen LogP contribution in [0.2, 0.25) is 0 Å². The molecule has 2 nitrogen and oxygen atoms in total. The van der Waals surface area contributed by atoms with Gasteiger partial charge in [0.2, 0.25) is 11.0 Å². The molecule has 0 amide bonds. The average molecular weight is 427 g/mol. The maximum absolute atomic E-state index is 2.25. The second-order valence-electron chi connectivity index (χ2n) is 7.27. The van der Waals surface area contributed by atoms with Gasteiger partial charge in [0.15, 0.2) is 0 Å². The van der Waals surface area contributed by atoms with Gasteiger partial charge in [0.1, 0.15) is 23.5 Å². The molecule has 0 aliphatic carbocycles. The van der Waals surface area contributed by atoms with Crippen molar-refractivity contribution in [3.05, 3.63) is 93.9 Å². The molecule has 0 fully saturated rings. The molecule has 0 aliphatic heterocycles. The number of aryl methyl sites for hydroxylation is 2. The Hall–Kier alpha value is -3.08. The van der Waals surface area contributed by atoms with Crippen molar-refractivity contribution in [1.29, 1.82) is 0 Å². The quantitative estimate of drug-likeness (QED) is 0.307. The van der Waals surface area contributed by atoms with Crippen LogP contribution in [0, 0.1) is 0 Å². The number of nitrogens with zero attached hydrogens (tertiary/aromatic N) is 2. The molecule has 5 rings (SSSR count). The van der Waals surface area contributed by atoms with E-state index in [-0.39, 0.29) is 0 Å². The minimum atomic E-state index is 1.21. The smallest absolute Gasteiger partial charge is 0.185 e. The summed E-state index contributed by atoms with van der Waals surface area (Å²) in [4.78, 5) is 0. The minimum Gasteiger partial charge on any atom is -0.185 e. The Labute approximate surface area is 184 Å². The fourth-order valence-electron chi connectivity index (χ4n) is 3.59. The lowest BCUT2D eigenvalue weighted by atomic mass is 10.1. The van der Waals surface area contributed by atoms with Crippen molar-refractivity contribution in [3.63, 3.8) is 0 Å². The molecule has 4 heteroatoms. The predicted molar refractivity (Wildman–Crippen MR) is 130 cm³/mol. The first-order valence-corrected chi connectivity index (χ1v) is 11.5. The third kappa shape index (κ3) is 3.60. The molecule has 0 N–H and O–H groups in total. The van der Waals surface area contributed by atoms with E-state index in [9.17, 15) is 0 Å². The summed E-state index contributed by atoms with van der Waals surface area (Å²) in [7, 11) is 4.25. The Bertz CT molecular complexity index is 1290. The van der Waals surface area contributed by atoms with E-state index in [4.69, 9.17) is 0 Å². The summed E-state index contributed by atoms with van der Waals surface area (Å²) in [5, 5.41) is 2.50. The number of hydrogen-bond donors (Lipinski definition) is 0. The molecule has 0 aliphatic rings. The fraction of sp³-hybridized carbons (Fsp3) is 0.0769. The Morgan fingerprint density at radius 1 is 0.533 bits per heavy atom. The molecule has 0 atom stereocenters. The van der Waals surface area contributed by atoms with Crippen LogP contribution in [-0.4, -0.2) is 0 Å². The topological polar surface area (TPSA) is 7.76 Å². The summed E-state index contributed by atoms with van der Waals surface area (Å²) in [5.74, 6) is 0. The van der Waals surface area contributed by atoms with Crippen molar-refractivity contribution >= 4 is 67.4 Å². The normalized spacial score (nSPS) is 12.1. The van der Waals surface area contributed by atoms with Crippen molar-refractivity contribution < 1.29 is 9.13 Å². The monoisotopic (exact) mass is 426 g/mol. The summed E-state index contributed by atoms with van der Waals surface area (Å²) >= 11 is 3.64. The Balaban J connectivity index is 1.34. The van der Waals surface area contributed by atoms with Crippen LogP contribution in [0.3, 0.4) is 0 Å². The number of thiazole rings is 2. The van der Waals surface area contributed by atoms with Gasteiger partial charge in [-0.1, -0.05) is 71.2 Å². The average Bonchev–Trinajstić information content (AvgIpc) is 3.28. The number of fused-ring (bicyclic) bond motifs is 2. The van der Waals surface area contributed by atoms with Crippen molar-refractivity contribution in [2.45, 2.75) is 0 Å². The van der Waals surface area contributed by atoms with Gasteiger partial charge in [0, 0.05) is 24.3 Å². The van der Waals surface area contributed by atoms with Gasteiger partial charge >= 0.3 is 0 Å². The lowest BCUT2D eigenvalue weighted by Gasteiger charge is -1.95. The largest absolute Gasteiger partial charge is 0.262 e. The summed E-state index contributed by atoms with van der Waals surface area (Å²) in [6.07, 6.45) is 8.77. The summed E-state index contributed by atoms with van der Waals surface area (Å²) < 4.78 is 7.13. The number of rotatable bonds is 4. The molecular formula is C26H22N2S2+2. The van der Waals surface area contributed by atoms with E-state index in [2.05, 4.69) is 120 Å². The van der Waals surface area contributed by atoms with E-state index < -0.39 is 0 Å². The van der Waals surface area contributed by atoms with E-state index >= 15 is 0 Å². The van der Waals surface area contributed by atoms with Gasteiger partial charge in [-0.3, -0.25) is 0 Å². The third-order valence-electron chi connectivity index (χ3n) is 5.32. The van der Waals surface area contributed by atoms with Gasteiger partial charge in [0.05, 0.1) is 0 Å². The highest BCUT2D eigenvalue weighted by Crippen LogP contribution is 2.23. The van der Waals surface area contributed by atoms with E-state index in [1.807, 2.05) is 22.7 Å². The van der Waals surface area contributed by atoms with Crippen molar-refractivity contribution in [2.24, 2.45) is 14.1 Å². The van der Waals surface area contributed by atoms with E-state index in [0.717, 1.165) is 0 Å². The maximum Gasteiger partial charge on any atom is 0.262 e. The van der Waals surface area contributed by atoms with Gasteiger partial charge in [-0.2, -0.15) is 9.13 Å². The van der Waals surface area contributed by atoms with E-state index in [1.165, 1.54) is 41.6 Å². The third-order valence-corrected chi connectivity index (χ3v) is 7.69. The van der Waals surface area contributed by atoms with Crippen LogP contribution in [0.25, 0.3) is 44.7 Å². The van der Waals surface area contributed by atoms with Crippen LogP contribution in [0.4, 0.5) is 0 Å². The molecule has 0 bridgehead atoms. The highest BCUT2D eigenvalue weighted by molar-refractivity contribution is 7.19. The lowest BCUT2D eigenvalue weighted by molar-refractivity contribution is -0.642. The predicted octanol–water partition coefficient (Wildman–Crippen LogP) is 6.11. The van der Waals surface area contributed by atoms with Gasteiger partial charge in [-0.05, 0) is 35.4 Å². The number of aromatic nitrogens is 2.